The molecule has 1 aromatic heterocycles. The number of anilines is 1. The highest BCUT2D eigenvalue weighted by Gasteiger charge is 2.12. The van der Waals surface area contributed by atoms with Gasteiger partial charge in [0.15, 0.2) is 5.82 Å². The van der Waals surface area contributed by atoms with Crippen molar-refractivity contribution in [1.82, 2.24) is 14.9 Å². The summed E-state index contributed by atoms with van der Waals surface area (Å²) in [5, 5.41) is 5.13. The second-order valence-corrected chi connectivity index (χ2v) is 7.63. The van der Waals surface area contributed by atoms with Gasteiger partial charge < -0.3 is 5.32 Å². The van der Waals surface area contributed by atoms with Crippen molar-refractivity contribution in [2.75, 3.05) is 19.4 Å². The fraction of sp³-hybridized carbons (Fsp3) is 0.200. The number of hydrogen-bond acceptors (Lipinski definition) is 5. The summed E-state index contributed by atoms with van der Waals surface area (Å²) < 4.78 is 0. The molecule has 6 heteroatoms. The Balaban J connectivity index is 1.87. The average molecular weight is 385 g/mol. The molecule has 26 heavy (non-hydrogen) atoms. The maximum absolute atomic E-state index is 5.96. The van der Waals surface area contributed by atoms with Crippen LogP contribution in [0.3, 0.4) is 0 Å². The molecule has 1 unspecified atom stereocenters. The van der Waals surface area contributed by atoms with Crippen LogP contribution in [0.25, 0.3) is 11.4 Å². The van der Waals surface area contributed by atoms with Crippen LogP contribution >= 0.6 is 23.4 Å². The van der Waals surface area contributed by atoms with E-state index in [2.05, 4.69) is 28.2 Å². The summed E-state index contributed by atoms with van der Waals surface area (Å²) in [6.45, 7) is 2.12. The van der Waals surface area contributed by atoms with E-state index in [4.69, 9.17) is 16.6 Å². The fourth-order valence-electron chi connectivity index (χ4n) is 2.31. The highest BCUT2D eigenvalue weighted by molar-refractivity contribution is 7.99. The largest absolute Gasteiger partial charge is 0.369 e. The molecule has 3 rings (SSSR count). The molecule has 0 fully saturated rings. The normalized spacial score (nSPS) is 12.2. The van der Waals surface area contributed by atoms with Gasteiger partial charge in [-0.25, -0.2) is 9.97 Å². The maximum Gasteiger partial charge on any atom is 0.162 e. The number of para-hydroxylation sites is 1. The lowest BCUT2D eigenvalue weighted by Crippen LogP contribution is -2.32. The van der Waals surface area contributed by atoms with E-state index in [0.29, 0.717) is 5.82 Å². The van der Waals surface area contributed by atoms with Gasteiger partial charge in [0, 0.05) is 27.4 Å². The van der Waals surface area contributed by atoms with Crippen LogP contribution in [-0.2, 0) is 0 Å². The minimum absolute atomic E-state index is 0.197. The number of aromatic nitrogens is 2. The standard InChI is InChI=1S/C20H21ClN4S/c1-14(25(2)3)23-18-7-5-4-6-17(18)20-22-13-12-19(24-20)26-16-10-8-15(21)9-11-16/h4-14,23H,1-3H3. The van der Waals surface area contributed by atoms with E-state index < -0.39 is 0 Å². The molecule has 0 aliphatic rings. The quantitative estimate of drug-likeness (QED) is 0.463. The van der Waals surface area contributed by atoms with E-state index in [-0.39, 0.29) is 6.17 Å². The Kier molecular flexibility index (Phi) is 6.14. The first-order valence-electron chi connectivity index (χ1n) is 8.32. The van der Waals surface area contributed by atoms with Crippen LogP contribution in [0.1, 0.15) is 6.92 Å². The fourth-order valence-corrected chi connectivity index (χ4v) is 3.21. The summed E-state index contributed by atoms with van der Waals surface area (Å²) >= 11 is 7.55. The van der Waals surface area contributed by atoms with Crippen LogP contribution < -0.4 is 5.32 Å². The Labute approximate surface area is 163 Å². The highest BCUT2D eigenvalue weighted by atomic mass is 35.5. The molecule has 0 amide bonds. The summed E-state index contributed by atoms with van der Waals surface area (Å²) in [4.78, 5) is 12.4. The van der Waals surface area contributed by atoms with E-state index in [0.717, 1.165) is 26.2 Å². The van der Waals surface area contributed by atoms with E-state index >= 15 is 0 Å². The molecule has 1 N–H and O–H groups in total. The third kappa shape index (κ3) is 4.75. The number of benzene rings is 2. The zero-order valence-corrected chi connectivity index (χ0v) is 16.6. The molecule has 1 atom stereocenters. The van der Waals surface area contributed by atoms with Gasteiger partial charge in [-0.3, -0.25) is 4.90 Å². The molecule has 0 bridgehead atoms. The maximum atomic E-state index is 5.96. The molecular weight excluding hydrogens is 364 g/mol. The van der Waals surface area contributed by atoms with Gasteiger partial charge in [-0.15, -0.1) is 0 Å². The third-order valence-corrected chi connectivity index (χ3v) is 5.17. The van der Waals surface area contributed by atoms with Crippen molar-refractivity contribution in [1.29, 1.82) is 0 Å². The van der Waals surface area contributed by atoms with Crippen LogP contribution in [0.15, 0.2) is 70.7 Å². The van der Waals surface area contributed by atoms with Crippen molar-refractivity contribution >= 4 is 29.1 Å². The highest BCUT2D eigenvalue weighted by Crippen LogP contribution is 2.30. The first-order valence-corrected chi connectivity index (χ1v) is 9.51. The number of halogens is 1. The van der Waals surface area contributed by atoms with Gasteiger partial charge in [0.2, 0.25) is 0 Å². The summed E-state index contributed by atoms with van der Waals surface area (Å²) in [6, 6.07) is 17.8. The zero-order valence-electron chi connectivity index (χ0n) is 15.0. The van der Waals surface area contributed by atoms with Crippen LogP contribution in [0.5, 0.6) is 0 Å². The molecular formula is C20H21ClN4S. The number of hydrogen-bond donors (Lipinski definition) is 1. The lowest BCUT2D eigenvalue weighted by atomic mass is 10.1. The van der Waals surface area contributed by atoms with Crippen molar-refractivity contribution < 1.29 is 0 Å². The Morgan fingerprint density at radius 2 is 1.77 bits per heavy atom. The van der Waals surface area contributed by atoms with Crippen LogP contribution in [0.2, 0.25) is 5.02 Å². The molecule has 0 aliphatic heterocycles. The van der Waals surface area contributed by atoms with E-state index in [1.165, 1.54) is 0 Å². The number of nitrogens with one attached hydrogen (secondary N) is 1. The van der Waals surface area contributed by atoms with Gasteiger partial charge >= 0.3 is 0 Å². The second-order valence-electron chi connectivity index (χ2n) is 6.10. The van der Waals surface area contributed by atoms with Gasteiger partial charge in [-0.1, -0.05) is 35.5 Å². The van der Waals surface area contributed by atoms with Gasteiger partial charge in [0.1, 0.15) is 5.03 Å². The summed E-state index contributed by atoms with van der Waals surface area (Å²) in [5.41, 5.74) is 2.00. The monoisotopic (exact) mass is 384 g/mol. The van der Waals surface area contributed by atoms with Gasteiger partial charge in [0.25, 0.3) is 0 Å². The minimum Gasteiger partial charge on any atom is -0.369 e. The Bertz CT molecular complexity index is 868. The summed E-state index contributed by atoms with van der Waals surface area (Å²) in [5.74, 6) is 0.706. The molecule has 0 saturated carbocycles. The van der Waals surface area contributed by atoms with Crippen molar-refractivity contribution in [3.05, 3.63) is 65.8 Å². The first kappa shape index (κ1) is 18.7. The van der Waals surface area contributed by atoms with Gasteiger partial charge in [-0.2, -0.15) is 0 Å². The van der Waals surface area contributed by atoms with Gasteiger partial charge in [0.05, 0.1) is 6.17 Å². The van der Waals surface area contributed by atoms with E-state index in [1.54, 1.807) is 18.0 Å². The topological polar surface area (TPSA) is 41.1 Å². The van der Waals surface area contributed by atoms with Crippen molar-refractivity contribution in [3.8, 4) is 11.4 Å². The molecule has 0 spiro atoms. The summed E-state index contributed by atoms with van der Waals surface area (Å²) in [7, 11) is 4.08. The first-order chi connectivity index (χ1) is 12.5. The molecule has 0 saturated heterocycles. The Morgan fingerprint density at radius 3 is 2.50 bits per heavy atom. The number of nitrogens with zero attached hydrogens (tertiary/aromatic N) is 3. The van der Waals surface area contributed by atoms with Crippen molar-refractivity contribution in [2.45, 2.75) is 23.0 Å². The van der Waals surface area contributed by atoms with Crippen LogP contribution in [0.4, 0.5) is 5.69 Å². The predicted octanol–water partition coefficient (Wildman–Crippen LogP) is 5.27. The second kappa shape index (κ2) is 8.54. The zero-order chi connectivity index (χ0) is 18.5. The summed E-state index contributed by atoms with van der Waals surface area (Å²) in [6.07, 6.45) is 2.00. The molecule has 3 aromatic rings. The van der Waals surface area contributed by atoms with E-state index in [1.807, 2.05) is 62.6 Å². The van der Waals surface area contributed by atoms with Crippen LogP contribution in [-0.4, -0.2) is 35.1 Å². The molecule has 2 aromatic carbocycles. The Hall–Kier alpha value is -2.08. The molecule has 0 radical (unpaired) electrons. The predicted molar refractivity (Wildman–Crippen MR) is 110 cm³/mol. The molecule has 134 valence electrons. The Morgan fingerprint density at radius 1 is 1.04 bits per heavy atom. The van der Waals surface area contributed by atoms with Crippen molar-refractivity contribution in [3.63, 3.8) is 0 Å². The number of rotatable bonds is 6. The molecule has 0 aliphatic carbocycles. The lowest BCUT2D eigenvalue weighted by Gasteiger charge is -2.23. The third-order valence-electron chi connectivity index (χ3n) is 3.97. The van der Waals surface area contributed by atoms with E-state index in [9.17, 15) is 0 Å². The smallest absolute Gasteiger partial charge is 0.162 e. The minimum atomic E-state index is 0.197. The van der Waals surface area contributed by atoms with Crippen LogP contribution in [0, 0.1) is 0 Å². The van der Waals surface area contributed by atoms with Crippen molar-refractivity contribution in [2.24, 2.45) is 0 Å². The lowest BCUT2D eigenvalue weighted by molar-refractivity contribution is 0.344. The van der Waals surface area contributed by atoms with Gasteiger partial charge in [-0.05, 0) is 63.5 Å². The SMILES string of the molecule is CC(Nc1ccccc1-c1nccc(Sc2ccc(Cl)cc2)n1)N(C)C. The molecule has 1 heterocycles. The average Bonchev–Trinajstić information content (AvgIpc) is 2.64. The molecule has 4 nitrogen and oxygen atoms in total.